The highest BCUT2D eigenvalue weighted by atomic mass is 19.4. The zero-order chi connectivity index (χ0) is 21.3. The molecule has 0 bridgehead atoms. The molecule has 2 heterocycles. The van der Waals surface area contributed by atoms with E-state index in [1.165, 1.54) is 6.07 Å². The smallest absolute Gasteiger partial charge is 0.396 e. The van der Waals surface area contributed by atoms with E-state index in [9.17, 15) is 18.3 Å². The lowest BCUT2D eigenvalue weighted by atomic mass is 10.1. The second-order valence-corrected chi connectivity index (χ2v) is 6.83. The summed E-state index contributed by atoms with van der Waals surface area (Å²) in [7, 11) is 0. The second kappa shape index (κ2) is 7.92. The van der Waals surface area contributed by atoms with Gasteiger partial charge < -0.3 is 15.5 Å². The summed E-state index contributed by atoms with van der Waals surface area (Å²) in [6.07, 6.45) is -2.40. The molecule has 0 saturated carbocycles. The predicted molar refractivity (Wildman–Crippen MR) is 107 cm³/mol. The SMILES string of the molecule is OCCCNc1nc2cc(C(F)(F)F)ccc2n2c(-c3cccc(CO)c3)cnc12. The number of fused-ring (bicyclic) bond motifs is 3. The molecule has 0 amide bonds. The number of aliphatic hydroxyl groups excluding tert-OH is 2. The first-order valence-corrected chi connectivity index (χ1v) is 9.35. The van der Waals surface area contributed by atoms with Gasteiger partial charge in [0.05, 0.1) is 35.1 Å². The van der Waals surface area contributed by atoms with Crippen LogP contribution in [0, 0.1) is 0 Å². The number of benzene rings is 2. The number of anilines is 1. The Morgan fingerprint density at radius 1 is 1.07 bits per heavy atom. The van der Waals surface area contributed by atoms with Crippen molar-refractivity contribution in [3.8, 4) is 11.3 Å². The fourth-order valence-corrected chi connectivity index (χ4v) is 3.35. The van der Waals surface area contributed by atoms with Gasteiger partial charge in [0, 0.05) is 18.7 Å². The van der Waals surface area contributed by atoms with Crippen LogP contribution in [0.25, 0.3) is 27.9 Å². The van der Waals surface area contributed by atoms with Gasteiger partial charge in [0.1, 0.15) is 0 Å². The molecule has 0 atom stereocenters. The minimum Gasteiger partial charge on any atom is -0.396 e. The summed E-state index contributed by atoms with van der Waals surface area (Å²) in [5.74, 6) is 0.333. The minimum atomic E-state index is -4.48. The highest BCUT2D eigenvalue weighted by molar-refractivity contribution is 5.86. The van der Waals surface area contributed by atoms with Gasteiger partial charge in [-0.1, -0.05) is 18.2 Å². The third-order valence-corrected chi connectivity index (χ3v) is 4.78. The number of rotatable bonds is 6. The van der Waals surface area contributed by atoms with Gasteiger partial charge in [-0.3, -0.25) is 4.40 Å². The third-order valence-electron chi connectivity index (χ3n) is 4.78. The van der Waals surface area contributed by atoms with Crippen LogP contribution in [-0.2, 0) is 12.8 Å². The van der Waals surface area contributed by atoms with E-state index in [2.05, 4.69) is 15.3 Å². The van der Waals surface area contributed by atoms with Crippen molar-refractivity contribution >= 4 is 22.5 Å². The molecule has 9 heteroatoms. The van der Waals surface area contributed by atoms with Crippen LogP contribution in [0.3, 0.4) is 0 Å². The molecule has 2 aromatic heterocycles. The normalized spacial score (nSPS) is 12.0. The predicted octanol–water partition coefficient (Wildman–Crippen LogP) is 3.85. The van der Waals surface area contributed by atoms with Crippen LogP contribution in [0.2, 0.25) is 0 Å². The first-order chi connectivity index (χ1) is 14.4. The van der Waals surface area contributed by atoms with E-state index in [0.717, 1.165) is 17.7 Å². The molecule has 0 spiro atoms. The van der Waals surface area contributed by atoms with Gasteiger partial charge in [-0.15, -0.1) is 0 Å². The van der Waals surface area contributed by atoms with Crippen molar-refractivity contribution in [2.24, 2.45) is 0 Å². The summed E-state index contributed by atoms with van der Waals surface area (Å²) >= 11 is 0. The summed E-state index contributed by atoms with van der Waals surface area (Å²) in [6, 6.07) is 10.7. The molecule has 0 aliphatic rings. The van der Waals surface area contributed by atoms with Gasteiger partial charge in [0.25, 0.3) is 0 Å². The highest BCUT2D eigenvalue weighted by Crippen LogP contribution is 2.34. The van der Waals surface area contributed by atoms with Crippen molar-refractivity contribution in [3.05, 3.63) is 59.8 Å². The lowest BCUT2D eigenvalue weighted by Crippen LogP contribution is -2.09. The third kappa shape index (κ3) is 3.69. The monoisotopic (exact) mass is 416 g/mol. The molecule has 30 heavy (non-hydrogen) atoms. The molecule has 4 aromatic rings. The molecular formula is C21H19F3N4O2. The molecule has 4 rings (SSSR count). The summed E-state index contributed by atoms with van der Waals surface area (Å²) in [5.41, 5.74) is 2.47. The topological polar surface area (TPSA) is 82.7 Å². The zero-order valence-electron chi connectivity index (χ0n) is 15.8. The van der Waals surface area contributed by atoms with Gasteiger partial charge in [-0.05, 0) is 36.2 Å². The van der Waals surface area contributed by atoms with Crippen molar-refractivity contribution in [2.75, 3.05) is 18.5 Å². The number of hydrogen-bond acceptors (Lipinski definition) is 5. The van der Waals surface area contributed by atoms with Gasteiger partial charge >= 0.3 is 6.18 Å². The number of alkyl halides is 3. The molecule has 3 N–H and O–H groups in total. The maximum absolute atomic E-state index is 13.2. The number of imidazole rings is 1. The average molecular weight is 416 g/mol. The summed E-state index contributed by atoms with van der Waals surface area (Å²) in [6.45, 7) is 0.240. The van der Waals surface area contributed by atoms with E-state index in [4.69, 9.17) is 5.11 Å². The van der Waals surface area contributed by atoms with Crippen LogP contribution < -0.4 is 5.32 Å². The number of halogens is 3. The van der Waals surface area contributed by atoms with Crippen molar-refractivity contribution in [1.29, 1.82) is 0 Å². The minimum absolute atomic E-state index is 0.0251. The number of nitrogens with one attached hydrogen (secondary N) is 1. The number of aromatic nitrogens is 3. The lowest BCUT2D eigenvalue weighted by molar-refractivity contribution is -0.137. The molecule has 0 radical (unpaired) electrons. The molecule has 0 saturated heterocycles. The Labute approximate surface area is 169 Å². The molecule has 2 aromatic carbocycles. The van der Waals surface area contributed by atoms with Crippen LogP contribution in [-0.4, -0.2) is 37.7 Å². The van der Waals surface area contributed by atoms with E-state index in [1.807, 2.05) is 6.07 Å². The largest absolute Gasteiger partial charge is 0.416 e. The van der Waals surface area contributed by atoms with Crippen molar-refractivity contribution in [2.45, 2.75) is 19.2 Å². The number of hydrogen-bond donors (Lipinski definition) is 3. The Morgan fingerprint density at radius 2 is 1.90 bits per heavy atom. The Bertz CT molecular complexity index is 1200. The quantitative estimate of drug-likeness (QED) is 0.416. The van der Waals surface area contributed by atoms with Crippen LogP contribution in [0.1, 0.15) is 17.5 Å². The lowest BCUT2D eigenvalue weighted by Gasteiger charge is -2.13. The number of aliphatic hydroxyl groups is 2. The first kappa shape index (κ1) is 20.1. The molecule has 0 aliphatic heterocycles. The molecule has 0 unspecified atom stereocenters. The Morgan fingerprint density at radius 3 is 2.63 bits per heavy atom. The van der Waals surface area contributed by atoms with Gasteiger partial charge in [-0.2, -0.15) is 13.2 Å². The molecule has 0 aliphatic carbocycles. The molecule has 0 fully saturated rings. The van der Waals surface area contributed by atoms with Crippen LogP contribution >= 0.6 is 0 Å². The van der Waals surface area contributed by atoms with Gasteiger partial charge in [0.2, 0.25) is 0 Å². The maximum atomic E-state index is 13.2. The van der Waals surface area contributed by atoms with Crippen LogP contribution in [0.15, 0.2) is 48.7 Å². The highest BCUT2D eigenvalue weighted by Gasteiger charge is 2.31. The molecule has 6 nitrogen and oxygen atoms in total. The van der Waals surface area contributed by atoms with Crippen LogP contribution in [0.4, 0.5) is 19.0 Å². The van der Waals surface area contributed by atoms with E-state index in [0.29, 0.717) is 41.2 Å². The van der Waals surface area contributed by atoms with Gasteiger partial charge in [-0.25, -0.2) is 9.97 Å². The van der Waals surface area contributed by atoms with Crippen molar-refractivity contribution < 1.29 is 23.4 Å². The second-order valence-electron chi connectivity index (χ2n) is 6.83. The van der Waals surface area contributed by atoms with E-state index >= 15 is 0 Å². The molecule has 156 valence electrons. The maximum Gasteiger partial charge on any atom is 0.416 e. The summed E-state index contributed by atoms with van der Waals surface area (Å²) in [4.78, 5) is 8.82. The van der Waals surface area contributed by atoms with Crippen molar-refractivity contribution in [1.82, 2.24) is 14.4 Å². The number of nitrogens with zero attached hydrogens (tertiary/aromatic N) is 3. The first-order valence-electron chi connectivity index (χ1n) is 9.35. The van der Waals surface area contributed by atoms with E-state index in [-0.39, 0.29) is 18.7 Å². The Balaban J connectivity index is 1.97. The van der Waals surface area contributed by atoms with E-state index in [1.54, 1.807) is 28.8 Å². The van der Waals surface area contributed by atoms with Crippen LogP contribution in [0.5, 0.6) is 0 Å². The Hall–Kier alpha value is -3.17. The standard InChI is InChI=1S/C21H19F3N4O2/c22-21(23,24)15-5-6-17-16(10-15)27-19(25-7-2-8-29)20-26-11-18(28(17)20)14-4-1-3-13(9-14)12-30/h1,3-6,9-11,29-30H,2,7-8,12H2,(H,25,27). The molecular weight excluding hydrogens is 397 g/mol. The van der Waals surface area contributed by atoms with Crippen molar-refractivity contribution in [3.63, 3.8) is 0 Å². The Kier molecular flexibility index (Phi) is 5.31. The summed E-state index contributed by atoms with van der Waals surface area (Å²) < 4.78 is 41.4. The van der Waals surface area contributed by atoms with Gasteiger partial charge in [0.15, 0.2) is 11.5 Å². The van der Waals surface area contributed by atoms with E-state index < -0.39 is 11.7 Å². The fourth-order valence-electron chi connectivity index (χ4n) is 3.35. The fraction of sp³-hybridized carbons (Fsp3) is 0.238. The zero-order valence-corrected chi connectivity index (χ0v) is 15.8. The summed E-state index contributed by atoms with van der Waals surface area (Å²) in [5, 5.41) is 21.5. The average Bonchev–Trinajstić information content (AvgIpc) is 3.18.